The molecule has 0 bridgehead atoms. The first kappa shape index (κ1) is 22.0. The van der Waals surface area contributed by atoms with Crippen molar-refractivity contribution in [3.05, 3.63) is 53.1 Å². The van der Waals surface area contributed by atoms with Crippen molar-refractivity contribution in [2.45, 2.75) is 65.5 Å². The van der Waals surface area contributed by atoms with Crippen LogP contribution in [0.5, 0.6) is 17.2 Å². The predicted molar refractivity (Wildman–Crippen MR) is 118 cm³/mol. The molecule has 1 aliphatic heterocycles. The van der Waals surface area contributed by atoms with Gasteiger partial charge in [-0.15, -0.1) is 0 Å². The van der Waals surface area contributed by atoms with Gasteiger partial charge < -0.3 is 19.5 Å². The number of amides is 1. The summed E-state index contributed by atoms with van der Waals surface area (Å²) in [6.07, 6.45) is 1.80. The molecule has 0 fully saturated rings. The lowest BCUT2D eigenvalue weighted by atomic mass is 9.89. The van der Waals surface area contributed by atoms with Crippen molar-refractivity contribution >= 4 is 5.91 Å². The monoisotopic (exact) mass is 411 g/mol. The van der Waals surface area contributed by atoms with Gasteiger partial charge in [-0.05, 0) is 70.4 Å². The zero-order valence-corrected chi connectivity index (χ0v) is 18.7. The SMILES string of the molecule is CCOc1ccc(CCC(=O)N[C@H]2CC(C)(C)Oc3cc(C)ccc32)cc1OCC. The molecule has 0 radical (unpaired) electrons. The van der Waals surface area contributed by atoms with Gasteiger partial charge in [0.2, 0.25) is 5.91 Å². The number of carbonyl (C=O) groups is 1. The topological polar surface area (TPSA) is 56.8 Å². The van der Waals surface area contributed by atoms with Gasteiger partial charge in [0.1, 0.15) is 11.4 Å². The molecule has 162 valence electrons. The highest BCUT2D eigenvalue weighted by Gasteiger charge is 2.34. The Kier molecular flexibility index (Phi) is 6.91. The molecule has 2 aromatic carbocycles. The first-order valence-corrected chi connectivity index (χ1v) is 10.8. The average molecular weight is 412 g/mol. The second-order valence-corrected chi connectivity index (χ2v) is 8.37. The highest BCUT2D eigenvalue weighted by molar-refractivity contribution is 5.77. The van der Waals surface area contributed by atoms with Crippen molar-refractivity contribution in [2.75, 3.05) is 13.2 Å². The van der Waals surface area contributed by atoms with Crippen molar-refractivity contribution in [3.63, 3.8) is 0 Å². The van der Waals surface area contributed by atoms with E-state index in [-0.39, 0.29) is 17.6 Å². The first-order valence-electron chi connectivity index (χ1n) is 10.8. The molecule has 1 amide bonds. The van der Waals surface area contributed by atoms with Crippen LogP contribution in [-0.2, 0) is 11.2 Å². The smallest absolute Gasteiger partial charge is 0.220 e. The molecule has 1 atom stereocenters. The minimum atomic E-state index is -0.319. The molecule has 1 aliphatic rings. The van der Waals surface area contributed by atoms with E-state index < -0.39 is 0 Å². The normalized spacial score (nSPS) is 16.9. The molecule has 0 saturated heterocycles. The van der Waals surface area contributed by atoms with Gasteiger partial charge in [-0.1, -0.05) is 18.2 Å². The number of carbonyl (C=O) groups excluding carboxylic acids is 1. The lowest BCUT2D eigenvalue weighted by Gasteiger charge is -2.38. The molecule has 1 heterocycles. The third-order valence-corrected chi connectivity index (χ3v) is 5.21. The van der Waals surface area contributed by atoms with Crippen LogP contribution in [0, 0.1) is 6.92 Å². The number of rotatable bonds is 8. The second kappa shape index (κ2) is 9.41. The Balaban J connectivity index is 1.66. The molecule has 0 saturated carbocycles. The maximum Gasteiger partial charge on any atom is 0.220 e. The standard InChI is InChI=1S/C25H33NO4/c1-6-28-21-12-9-18(15-23(21)29-7-2)10-13-24(27)26-20-16-25(4,5)30-22-14-17(3)8-11-19(20)22/h8-9,11-12,14-15,20H,6-7,10,13,16H2,1-5H3,(H,26,27)/t20-/m0/s1. The van der Waals surface area contributed by atoms with E-state index in [0.29, 0.717) is 26.1 Å². The van der Waals surface area contributed by atoms with E-state index in [0.717, 1.165) is 40.4 Å². The number of nitrogens with one attached hydrogen (secondary N) is 1. The minimum absolute atomic E-state index is 0.0380. The van der Waals surface area contributed by atoms with Gasteiger partial charge in [0.15, 0.2) is 11.5 Å². The Bertz CT molecular complexity index is 891. The fourth-order valence-electron chi connectivity index (χ4n) is 3.86. The molecule has 5 heteroatoms. The average Bonchev–Trinajstić information content (AvgIpc) is 2.67. The van der Waals surface area contributed by atoms with Gasteiger partial charge in [-0.2, -0.15) is 0 Å². The summed E-state index contributed by atoms with van der Waals surface area (Å²) in [7, 11) is 0. The Morgan fingerprint density at radius 2 is 1.83 bits per heavy atom. The Hall–Kier alpha value is -2.69. The number of benzene rings is 2. The van der Waals surface area contributed by atoms with Gasteiger partial charge in [-0.25, -0.2) is 0 Å². The summed E-state index contributed by atoms with van der Waals surface area (Å²) < 4.78 is 17.4. The summed E-state index contributed by atoms with van der Waals surface area (Å²) in [5, 5.41) is 3.22. The van der Waals surface area contributed by atoms with Crippen molar-refractivity contribution < 1.29 is 19.0 Å². The molecule has 0 unspecified atom stereocenters. The summed E-state index contributed by atoms with van der Waals surface area (Å²) in [4.78, 5) is 12.7. The first-order chi connectivity index (χ1) is 14.3. The molecule has 2 aromatic rings. The quantitative estimate of drug-likeness (QED) is 0.653. The summed E-state index contributed by atoms with van der Waals surface area (Å²) in [5.41, 5.74) is 2.94. The Morgan fingerprint density at radius 1 is 1.10 bits per heavy atom. The van der Waals surface area contributed by atoms with E-state index in [4.69, 9.17) is 14.2 Å². The molecule has 30 heavy (non-hydrogen) atoms. The van der Waals surface area contributed by atoms with Gasteiger partial charge in [-0.3, -0.25) is 4.79 Å². The Morgan fingerprint density at radius 3 is 2.57 bits per heavy atom. The van der Waals surface area contributed by atoms with Crippen LogP contribution >= 0.6 is 0 Å². The van der Waals surface area contributed by atoms with Crippen molar-refractivity contribution in [1.82, 2.24) is 5.32 Å². The lowest BCUT2D eigenvalue weighted by Crippen LogP contribution is -2.41. The highest BCUT2D eigenvalue weighted by atomic mass is 16.5. The predicted octanol–water partition coefficient (Wildman–Crippen LogP) is 5.14. The molecular formula is C25H33NO4. The van der Waals surface area contributed by atoms with Gasteiger partial charge in [0, 0.05) is 18.4 Å². The molecule has 0 aromatic heterocycles. The van der Waals surface area contributed by atoms with Gasteiger partial charge in [0.25, 0.3) is 0 Å². The maximum absolute atomic E-state index is 12.7. The number of ether oxygens (including phenoxy) is 3. The summed E-state index contributed by atoms with van der Waals surface area (Å²) in [5.74, 6) is 2.37. The third-order valence-electron chi connectivity index (χ3n) is 5.21. The molecule has 0 aliphatic carbocycles. The minimum Gasteiger partial charge on any atom is -0.490 e. The van der Waals surface area contributed by atoms with E-state index in [2.05, 4.69) is 31.3 Å². The van der Waals surface area contributed by atoms with E-state index in [1.807, 2.05) is 45.0 Å². The van der Waals surface area contributed by atoms with Crippen LogP contribution in [0.4, 0.5) is 0 Å². The highest BCUT2D eigenvalue weighted by Crippen LogP contribution is 2.40. The van der Waals surface area contributed by atoms with Gasteiger partial charge in [0.05, 0.1) is 19.3 Å². The van der Waals surface area contributed by atoms with Crippen LogP contribution in [0.25, 0.3) is 0 Å². The largest absolute Gasteiger partial charge is 0.490 e. The molecular weight excluding hydrogens is 378 g/mol. The fourth-order valence-corrected chi connectivity index (χ4v) is 3.86. The molecule has 0 spiro atoms. The van der Waals surface area contributed by atoms with Crippen molar-refractivity contribution in [1.29, 1.82) is 0 Å². The van der Waals surface area contributed by atoms with E-state index in [9.17, 15) is 4.79 Å². The summed E-state index contributed by atoms with van der Waals surface area (Å²) in [6, 6.07) is 12.0. The zero-order chi connectivity index (χ0) is 21.7. The lowest BCUT2D eigenvalue weighted by molar-refractivity contribution is -0.122. The molecule has 5 nitrogen and oxygen atoms in total. The van der Waals surface area contributed by atoms with Crippen LogP contribution in [0.3, 0.4) is 0 Å². The Labute approximate surface area is 179 Å². The van der Waals surface area contributed by atoms with E-state index in [1.165, 1.54) is 0 Å². The second-order valence-electron chi connectivity index (χ2n) is 8.37. The van der Waals surface area contributed by atoms with Crippen LogP contribution in [0.15, 0.2) is 36.4 Å². The fraction of sp³-hybridized carbons (Fsp3) is 0.480. The van der Waals surface area contributed by atoms with E-state index in [1.54, 1.807) is 0 Å². The van der Waals surface area contributed by atoms with Crippen molar-refractivity contribution in [3.8, 4) is 17.2 Å². The van der Waals surface area contributed by atoms with Crippen LogP contribution < -0.4 is 19.5 Å². The van der Waals surface area contributed by atoms with Crippen LogP contribution in [-0.4, -0.2) is 24.7 Å². The molecule has 1 N–H and O–H groups in total. The summed E-state index contributed by atoms with van der Waals surface area (Å²) >= 11 is 0. The number of hydrogen-bond acceptors (Lipinski definition) is 4. The number of aryl methyl sites for hydroxylation is 2. The molecule has 3 rings (SSSR count). The van der Waals surface area contributed by atoms with Crippen molar-refractivity contribution in [2.24, 2.45) is 0 Å². The maximum atomic E-state index is 12.7. The zero-order valence-electron chi connectivity index (χ0n) is 18.7. The number of hydrogen-bond donors (Lipinski definition) is 1. The number of fused-ring (bicyclic) bond motifs is 1. The van der Waals surface area contributed by atoms with Gasteiger partial charge >= 0.3 is 0 Å². The summed E-state index contributed by atoms with van der Waals surface area (Å²) in [6.45, 7) is 11.2. The van der Waals surface area contributed by atoms with Crippen LogP contribution in [0.2, 0.25) is 0 Å². The van der Waals surface area contributed by atoms with E-state index >= 15 is 0 Å². The third kappa shape index (κ3) is 5.47. The van der Waals surface area contributed by atoms with Crippen LogP contribution in [0.1, 0.15) is 63.3 Å².